The van der Waals surface area contributed by atoms with Crippen LogP contribution in [0.1, 0.15) is 46.6 Å². The molecule has 0 aliphatic heterocycles. The van der Waals surface area contributed by atoms with Crippen molar-refractivity contribution in [1.29, 1.82) is 0 Å². The maximum atomic E-state index is 12.0. The number of carbonyl (C=O) groups excluding carboxylic acids is 1. The maximum Gasteiger partial charge on any atom is 0.327 e. The minimum Gasteiger partial charge on any atom is -0.480 e. The fraction of sp³-hybridized carbons (Fsp3) is 0.526. The third kappa shape index (κ3) is 4.78. The fourth-order valence-electron chi connectivity index (χ4n) is 2.85. The van der Waals surface area contributed by atoms with Crippen LogP contribution in [-0.4, -0.2) is 39.0 Å². The van der Waals surface area contributed by atoms with Gasteiger partial charge < -0.3 is 14.4 Å². The number of benzene rings is 1. The van der Waals surface area contributed by atoms with Gasteiger partial charge in [-0.05, 0) is 30.9 Å². The zero-order valence-corrected chi connectivity index (χ0v) is 16.5. The van der Waals surface area contributed by atoms with E-state index in [-0.39, 0.29) is 5.97 Å². The predicted molar refractivity (Wildman–Crippen MR) is 102 cm³/mol. The molecule has 0 saturated heterocycles. The van der Waals surface area contributed by atoms with Crippen molar-refractivity contribution in [2.24, 2.45) is 5.41 Å². The Morgan fingerprint density at radius 3 is 2.62 bits per heavy atom. The van der Waals surface area contributed by atoms with Gasteiger partial charge in [0.05, 0.1) is 17.6 Å². The number of hydrogen-bond donors (Lipinski definition) is 1. The van der Waals surface area contributed by atoms with Gasteiger partial charge in [0.2, 0.25) is 0 Å². The number of hydrogen-bond acceptors (Lipinski definition) is 5. The predicted octanol–water partition coefficient (Wildman–Crippen LogP) is 4.14. The summed E-state index contributed by atoms with van der Waals surface area (Å²) in [7, 11) is 0. The van der Waals surface area contributed by atoms with Crippen LogP contribution in [-0.2, 0) is 14.3 Å². The zero-order valence-electron chi connectivity index (χ0n) is 15.7. The first-order valence-electron chi connectivity index (χ1n) is 8.74. The second-order valence-electron chi connectivity index (χ2n) is 7.12. The molecular formula is C19H26N2O4S. The minimum absolute atomic E-state index is 0.209. The highest BCUT2D eigenvalue weighted by Gasteiger charge is 2.35. The smallest absolute Gasteiger partial charge is 0.327 e. The van der Waals surface area contributed by atoms with Crippen LogP contribution in [0.2, 0.25) is 0 Å². The third-order valence-electron chi connectivity index (χ3n) is 3.94. The molecule has 1 N–H and O–H groups in total. The average Bonchev–Trinajstić information content (AvgIpc) is 2.89. The maximum absolute atomic E-state index is 12.0. The first-order valence-corrected chi connectivity index (χ1v) is 9.72. The van der Waals surface area contributed by atoms with E-state index in [1.807, 2.05) is 49.6 Å². The van der Waals surface area contributed by atoms with Crippen molar-refractivity contribution in [1.82, 2.24) is 9.55 Å². The summed E-state index contributed by atoms with van der Waals surface area (Å²) >= 11 is 1.48. The highest BCUT2D eigenvalue weighted by molar-refractivity contribution is 7.99. The number of aliphatic carboxylic acids is 1. The van der Waals surface area contributed by atoms with Gasteiger partial charge >= 0.3 is 11.9 Å². The number of carbonyl (C=O) groups is 2. The van der Waals surface area contributed by atoms with Crippen molar-refractivity contribution < 1.29 is 19.4 Å². The molecule has 0 fully saturated rings. The standard InChI is InChI=1S/C19H26N2O4S/c1-5-25-15(22)11-8-12-26-18-20-13-9-6-7-10-14(13)21(18)16(17(23)24)19(2,3)4/h6-7,9-10,16H,5,8,11-12H2,1-4H3,(H,23,24). The molecule has 142 valence electrons. The molecule has 0 radical (unpaired) electrons. The van der Waals surface area contributed by atoms with Gasteiger partial charge in [0.15, 0.2) is 5.16 Å². The summed E-state index contributed by atoms with van der Waals surface area (Å²) in [6, 6.07) is 6.82. The molecule has 6 nitrogen and oxygen atoms in total. The van der Waals surface area contributed by atoms with E-state index in [9.17, 15) is 14.7 Å². The van der Waals surface area contributed by atoms with E-state index in [1.54, 1.807) is 6.92 Å². The molecule has 1 heterocycles. The summed E-state index contributed by atoms with van der Waals surface area (Å²) < 4.78 is 6.75. The molecule has 1 aromatic carbocycles. The number of fused-ring (bicyclic) bond motifs is 1. The number of nitrogens with zero attached hydrogens (tertiary/aromatic N) is 2. The van der Waals surface area contributed by atoms with Gasteiger partial charge in [0, 0.05) is 12.2 Å². The van der Waals surface area contributed by atoms with E-state index in [2.05, 4.69) is 4.98 Å². The van der Waals surface area contributed by atoms with Crippen LogP contribution in [0.25, 0.3) is 11.0 Å². The second-order valence-corrected chi connectivity index (χ2v) is 8.18. The number of ether oxygens (including phenoxy) is 1. The van der Waals surface area contributed by atoms with Crippen LogP contribution in [0, 0.1) is 5.41 Å². The SMILES string of the molecule is CCOC(=O)CCCSc1nc2ccccc2n1C(C(=O)O)C(C)(C)C. The number of thioether (sulfide) groups is 1. The molecule has 0 aliphatic carbocycles. The number of rotatable bonds is 8. The Morgan fingerprint density at radius 1 is 1.31 bits per heavy atom. The molecule has 2 aromatic rings. The van der Waals surface area contributed by atoms with Crippen LogP contribution in [0.5, 0.6) is 0 Å². The van der Waals surface area contributed by atoms with Gasteiger partial charge in [-0.15, -0.1) is 0 Å². The van der Waals surface area contributed by atoms with Crippen LogP contribution in [0.15, 0.2) is 29.4 Å². The van der Waals surface area contributed by atoms with E-state index < -0.39 is 17.4 Å². The molecule has 0 aliphatic rings. The van der Waals surface area contributed by atoms with Crippen molar-refractivity contribution in [2.75, 3.05) is 12.4 Å². The summed E-state index contributed by atoms with van der Waals surface area (Å²) in [5.74, 6) is -0.424. The van der Waals surface area contributed by atoms with E-state index in [0.717, 1.165) is 11.0 Å². The first-order chi connectivity index (χ1) is 12.3. The molecule has 0 bridgehead atoms. The summed E-state index contributed by atoms with van der Waals surface area (Å²) in [6.45, 7) is 7.91. The normalized spacial score (nSPS) is 12.9. The lowest BCUT2D eigenvalue weighted by Gasteiger charge is -2.29. The topological polar surface area (TPSA) is 81.4 Å². The number of carboxylic acids is 1. The van der Waals surface area contributed by atoms with Gasteiger partial charge in [-0.2, -0.15) is 0 Å². The molecule has 1 unspecified atom stereocenters. The van der Waals surface area contributed by atoms with Crippen LogP contribution in [0.3, 0.4) is 0 Å². The number of imidazole rings is 1. The van der Waals surface area contributed by atoms with Crippen molar-refractivity contribution >= 4 is 34.7 Å². The zero-order chi connectivity index (χ0) is 19.3. The molecule has 26 heavy (non-hydrogen) atoms. The molecule has 2 rings (SSSR count). The largest absolute Gasteiger partial charge is 0.480 e. The number of esters is 1. The third-order valence-corrected chi connectivity index (χ3v) is 4.98. The molecule has 0 saturated carbocycles. The molecule has 7 heteroatoms. The van der Waals surface area contributed by atoms with Gasteiger partial charge in [-0.1, -0.05) is 44.7 Å². The van der Waals surface area contributed by atoms with Crippen LogP contribution >= 0.6 is 11.8 Å². The van der Waals surface area contributed by atoms with Crippen molar-refractivity contribution in [3.63, 3.8) is 0 Å². The molecule has 0 amide bonds. The number of para-hydroxylation sites is 2. The monoisotopic (exact) mass is 378 g/mol. The Hall–Kier alpha value is -2.02. The second kappa shape index (κ2) is 8.58. The van der Waals surface area contributed by atoms with Gasteiger partial charge in [0.1, 0.15) is 6.04 Å². The fourth-order valence-corrected chi connectivity index (χ4v) is 3.83. The summed E-state index contributed by atoms with van der Waals surface area (Å²) in [5, 5.41) is 10.5. The Kier molecular flexibility index (Phi) is 6.69. The van der Waals surface area contributed by atoms with Crippen molar-refractivity contribution in [2.45, 2.75) is 51.7 Å². The molecule has 1 atom stereocenters. The van der Waals surface area contributed by atoms with Gasteiger partial charge in [-0.25, -0.2) is 9.78 Å². The van der Waals surface area contributed by atoms with Crippen molar-refractivity contribution in [3.05, 3.63) is 24.3 Å². The van der Waals surface area contributed by atoms with Crippen LogP contribution < -0.4 is 0 Å². The van der Waals surface area contributed by atoms with E-state index in [1.165, 1.54) is 11.8 Å². The Morgan fingerprint density at radius 2 is 2.00 bits per heavy atom. The summed E-state index contributed by atoms with van der Waals surface area (Å²) in [4.78, 5) is 28.1. The minimum atomic E-state index is -0.881. The average molecular weight is 378 g/mol. The molecular weight excluding hydrogens is 352 g/mol. The Bertz CT molecular complexity index is 779. The summed E-state index contributed by atoms with van der Waals surface area (Å²) in [5.41, 5.74) is 1.11. The van der Waals surface area contributed by atoms with Crippen molar-refractivity contribution in [3.8, 4) is 0 Å². The quantitative estimate of drug-likeness (QED) is 0.422. The van der Waals surface area contributed by atoms with Gasteiger partial charge in [0.25, 0.3) is 0 Å². The van der Waals surface area contributed by atoms with Crippen LogP contribution in [0.4, 0.5) is 0 Å². The lowest BCUT2D eigenvalue weighted by atomic mass is 9.86. The highest BCUT2D eigenvalue weighted by Crippen LogP contribution is 2.37. The number of carboxylic acid groups (broad SMARTS) is 1. The van der Waals surface area contributed by atoms with E-state index in [4.69, 9.17) is 4.74 Å². The highest BCUT2D eigenvalue weighted by atomic mass is 32.2. The molecule has 0 spiro atoms. The van der Waals surface area contributed by atoms with Gasteiger partial charge in [-0.3, -0.25) is 4.79 Å². The summed E-state index contributed by atoms with van der Waals surface area (Å²) in [6.07, 6.45) is 1.00. The van der Waals surface area contributed by atoms with E-state index in [0.29, 0.717) is 30.4 Å². The number of aromatic nitrogens is 2. The Labute approximate surface area is 157 Å². The lowest BCUT2D eigenvalue weighted by Crippen LogP contribution is -2.32. The lowest BCUT2D eigenvalue weighted by molar-refractivity contribution is -0.144. The first kappa shape index (κ1) is 20.3. The van der Waals surface area contributed by atoms with E-state index >= 15 is 0 Å². The molecule has 1 aromatic heterocycles. The Balaban J connectivity index is 2.28.